The Morgan fingerprint density at radius 2 is 1.96 bits per heavy atom. The van der Waals surface area contributed by atoms with Gasteiger partial charge in [-0.05, 0) is 63.4 Å². The topological polar surface area (TPSA) is 46.6 Å². The van der Waals surface area contributed by atoms with E-state index in [0.29, 0.717) is 30.7 Å². The zero-order valence-electron chi connectivity index (χ0n) is 14.8. The van der Waals surface area contributed by atoms with Gasteiger partial charge in [0.2, 0.25) is 0 Å². The van der Waals surface area contributed by atoms with Crippen LogP contribution in [0.2, 0.25) is 0 Å². The number of ketones is 1. The second-order valence-electron chi connectivity index (χ2n) is 8.79. The van der Waals surface area contributed by atoms with E-state index in [0.717, 1.165) is 24.8 Å². The zero-order valence-corrected chi connectivity index (χ0v) is 14.8. The number of Topliss-reactive ketones (excluding diaryl/α,β-unsaturated/α-hetero) is 1. The summed E-state index contributed by atoms with van der Waals surface area (Å²) in [5.41, 5.74) is 0.228. The molecule has 2 aliphatic carbocycles. The lowest BCUT2D eigenvalue weighted by Crippen LogP contribution is -2.56. The molecule has 3 aliphatic rings. The monoisotopic (exact) mass is 319 g/mol. The molecule has 2 saturated carbocycles. The van der Waals surface area contributed by atoms with E-state index in [4.69, 9.17) is 4.74 Å². The predicted molar refractivity (Wildman–Crippen MR) is 89.0 cm³/mol. The van der Waals surface area contributed by atoms with Crippen LogP contribution in [0.1, 0.15) is 53.4 Å². The molecule has 5 atom stereocenters. The first-order valence-corrected chi connectivity index (χ1v) is 8.87. The van der Waals surface area contributed by atoms with Crippen molar-refractivity contribution in [2.75, 3.05) is 6.54 Å². The normalized spacial score (nSPS) is 37.4. The van der Waals surface area contributed by atoms with Gasteiger partial charge in [0.25, 0.3) is 0 Å². The van der Waals surface area contributed by atoms with Crippen molar-refractivity contribution in [3.05, 3.63) is 12.2 Å². The van der Waals surface area contributed by atoms with Crippen LogP contribution in [0.4, 0.5) is 4.79 Å². The van der Waals surface area contributed by atoms with Crippen LogP contribution in [0.25, 0.3) is 0 Å². The van der Waals surface area contributed by atoms with Crippen molar-refractivity contribution in [1.82, 2.24) is 4.90 Å². The van der Waals surface area contributed by atoms with Gasteiger partial charge in [0.05, 0.1) is 0 Å². The van der Waals surface area contributed by atoms with Gasteiger partial charge >= 0.3 is 6.09 Å². The first-order chi connectivity index (χ1) is 10.7. The molecule has 0 aromatic carbocycles. The molecule has 1 unspecified atom stereocenters. The number of carbonyl (C=O) groups is 2. The molecule has 2 bridgehead atoms. The Kier molecular flexibility index (Phi) is 4.06. The van der Waals surface area contributed by atoms with Crippen LogP contribution in [0.3, 0.4) is 0 Å². The lowest BCUT2D eigenvalue weighted by molar-refractivity contribution is -0.116. The van der Waals surface area contributed by atoms with Crippen LogP contribution in [0.5, 0.6) is 0 Å². The molecule has 0 N–H and O–H groups in total. The number of piperidine rings is 1. The van der Waals surface area contributed by atoms with Gasteiger partial charge < -0.3 is 9.64 Å². The molecule has 1 heterocycles. The number of rotatable bonds is 0. The molecule has 4 nitrogen and oxygen atoms in total. The van der Waals surface area contributed by atoms with Crippen LogP contribution < -0.4 is 0 Å². The molecule has 1 amide bonds. The molecule has 4 heteroatoms. The third kappa shape index (κ3) is 3.17. The first-order valence-electron chi connectivity index (χ1n) is 8.87. The molecule has 3 rings (SSSR count). The van der Waals surface area contributed by atoms with E-state index < -0.39 is 5.60 Å². The number of likely N-dealkylation sites (tertiary alicyclic amines) is 1. The van der Waals surface area contributed by atoms with E-state index in [2.05, 4.69) is 13.5 Å². The first kappa shape index (κ1) is 16.5. The lowest BCUT2D eigenvalue weighted by Gasteiger charge is -2.50. The average Bonchev–Trinajstić information content (AvgIpc) is 2.52. The summed E-state index contributed by atoms with van der Waals surface area (Å²) in [5.74, 6) is 1.67. The van der Waals surface area contributed by atoms with E-state index in [1.165, 1.54) is 0 Å². The molecular weight excluding hydrogens is 290 g/mol. The van der Waals surface area contributed by atoms with E-state index >= 15 is 0 Å². The molecule has 1 saturated heterocycles. The highest BCUT2D eigenvalue weighted by Crippen LogP contribution is 2.48. The number of ether oxygens (including phenoxy) is 1. The van der Waals surface area contributed by atoms with Crippen molar-refractivity contribution in [1.29, 1.82) is 0 Å². The third-order valence-electron chi connectivity index (χ3n) is 5.75. The van der Waals surface area contributed by atoms with Crippen LogP contribution in [-0.2, 0) is 9.53 Å². The number of amides is 1. The molecule has 0 spiro atoms. The largest absolute Gasteiger partial charge is 0.444 e. The van der Waals surface area contributed by atoms with Crippen molar-refractivity contribution >= 4 is 11.9 Å². The Morgan fingerprint density at radius 3 is 2.61 bits per heavy atom. The SMILES string of the molecule is C=C1C(=O)C[C@@H]2C[C@@H](C)C[C@H]3[C@@H]2CC1CN3C(=O)OC(C)(C)C. The van der Waals surface area contributed by atoms with E-state index in [1.54, 1.807) is 0 Å². The Bertz CT molecular complexity index is 533. The number of nitrogens with zero attached hydrogens (tertiary/aromatic N) is 1. The molecular formula is C19H29NO3. The number of hydrogen-bond donors (Lipinski definition) is 0. The van der Waals surface area contributed by atoms with Gasteiger partial charge in [0, 0.05) is 24.9 Å². The molecule has 128 valence electrons. The smallest absolute Gasteiger partial charge is 0.410 e. The highest BCUT2D eigenvalue weighted by molar-refractivity contribution is 5.96. The van der Waals surface area contributed by atoms with Crippen LogP contribution in [0, 0.1) is 23.7 Å². The van der Waals surface area contributed by atoms with E-state index in [9.17, 15) is 9.59 Å². The van der Waals surface area contributed by atoms with Crippen molar-refractivity contribution < 1.29 is 14.3 Å². The minimum Gasteiger partial charge on any atom is -0.444 e. The highest BCUT2D eigenvalue weighted by Gasteiger charge is 2.49. The Labute approximate surface area is 139 Å². The fourth-order valence-electron chi connectivity index (χ4n) is 4.79. The van der Waals surface area contributed by atoms with Crippen LogP contribution >= 0.6 is 0 Å². The summed E-state index contributed by atoms with van der Waals surface area (Å²) < 4.78 is 5.64. The summed E-state index contributed by atoms with van der Waals surface area (Å²) in [7, 11) is 0. The molecule has 1 aliphatic heterocycles. The maximum Gasteiger partial charge on any atom is 0.410 e. The van der Waals surface area contributed by atoms with Gasteiger partial charge in [0.15, 0.2) is 5.78 Å². The van der Waals surface area contributed by atoms with Crippen molar-refractivity contribution in [3.63, 3.8) is 0 Å². The summed E-state index contributed by atoms with van der Waals surface area (Å²) in [6, 6.07) is 0.216. The minimum absolute atomic E-state index is 0.106. The standard InChI is InChI=1S/C19H29NO3/c1-11-6-13-9-17(21)12(2)14-8-15(13)16(7-11)20(10-14)18(22)23-19(3,4)5/h11,13-16H,2,6-10H2,1,3-5H3/t11-,13+,14?,15-,16+/m1/s1. The maximum absolute atomic E-state index is 12.7. The summed E-state index contributed by atoms with van der Waals surface area (Å²) in [4.78, 5) is 27.1. The molecule has 0 radical (unpaired) electrons. The van der Waals surface area contributed by atoms with E-state index in [1.807, 2.05) is 25.7 Å². The molecule has 0 aromatic heterocycles. The van der Waals surface area contributed by atoms with Gasteiger partial charge in [-0.2, -0.15) is 0 Å². The third-order valence-corrected chi connectivity index (χ3v) is 5.75. The Morgan fingerprint density at radius 1 is 1.26 bits per heavy atom. The zero-order chi connectivity index (χ0) is 16.9. The fourth-order valence-corrected chi connectivity index (χ4v) is 4.79. The van der Waals surface area contributed by atoms with Gasteiger partial charge in [-0.1, -0.05) is 13.5 Å². The van der Waals surface area contributed by atoms with Crippen LogP contribution in [-0.4, -0.2) is 35.0 Å². The lowest BCUT2D eigenvalue weighted by atomic mass is 9.66. The summed E-state index contributed by atoms with van der Waals surface area (Å²) in [6.07, 6.45) is 3.50. The number of fused-ring (bicyclic) bond motifs is 1. The van der Waals surface area contributed by atoms with E-state index in [-0.39, 0.29) is 23.8 Å². The highest BCUT2D eigenvalue weighted by atomic mass is 16.6. The molecule has 3 fully saturated rings. The van der Waals surface area contributed by atoms with Gasteiger partial charge in [-0.25, -0.2) is 4.79 Å². The maximum atomic E-state index is 12.7. The number of carbonyl (C=O) groups excluding carboxylic acids is 2. The van der Waals surface area contributed by atoms with Crippen molar-refractivity contribution in [3.8, 4) is 0 Å². The predicted octanol–water partition coefficient (Wildman–Crippen LogP) is 3.80. The van der Waals surface area contributed by atoms with Gasteiger partial charge in [-0.15, -0.1) is 0 Å². The summed E-state index contributed by atoms with van der Waals surface area (Å²) in [6.45, 7) is 12.6. The van der Waals surface area contributed by atoms with Gasteiger partial charge in [0.1, 0.15) is 5.60 Å². The minimum atomic E-state index is -0.494. The summed E-state index contributed by atoms with van der Waals surface area (Å²) >= 11 is 0. The molecule has 23 heavy (non-hydrogen) atoms. The molecule has 0 aromatic rings. The second kappa shape index (κ2) is 5.64. The summed E-state index contributed by atoms with van der Waals surface area (Å²) in [5, 5.41) is 0. The Hall–Kier alpha value is -1.32. The van der Waals surface area contributed by atoms with Crippen molar-refractivity contribution in [2.24, 2.45) is 23.7 Å². The van der Waals surface area contributed by atoms with Crippen molar-refractivity contribution in [2.45, 2.75) is 65.0 Å². The number of hydrogen-bond acceptors (Lipinski definition) is 3. The average molecular weight is 319 g/mol. The second-order valence-corrected chi connectivity index (χ2v) is 8.79. The quantitative estimate of drug-likeness (QED) is 0.638. The Balaban J connectivity index is 1.91. The fraction of sp³-hybridized carbons (Fsp3) is 0.789. The van der Waals surface area contributed by atoms with Gasteiger partial charge in [-0.3, -0.25) is 4.79 Å². The van der Waals surface area contributed by atoms with Crippen LogP contribution in [0.15, 0.2) is 12.2 Å².